The maximum absolute atomic E-state index is 11.2. The molecule has 236 valence electrons. The van der Waals surface area contributed by atoms with E-state index in [4.69, 9.17) is 57.2 Å². The second kappa shape index (κ2) is 31.8. The zero-order valence-corrected chi connectivity index (χ0v) is 23.8. The highest BCUT2D eigenvalue weighted by atomic mass is 16.6. The first-order chi connectivity index (χ1) is 19.5. The quantitative estimate of drug-likeness (QED) is 0.0640. The number of carbonyl (C=O) groups is 2. The lowest BCUT2D eigenvalue weighted by Crippen LogP contribution is -2.16. The van der Waals surface area contributed by atoms with E-state index in [0.717, 1.165) is 0 Å². The summed E-state index contributed by atoms with van der Waals surface area (Å²) in [5.41, 5.74) is 0.365. The average Bonchev–Trinajstić information content (AvgIpc) is 2.93. The molecule has 0 aliphatic heterocycles. The molecule has 0 unspecified atom stereocenters. The normalized spacial score (nSPS) is 11.1. The predicted octanol–water partition coefficient (Wildman–Crippen LogP) is 0.356. The third-order valence-corrected chi connectivity index (χ3v) is 4.38. The number of rotatable bonds is 33. The van der Waals surface area contributed by atoms with Crippen molar-refractivity contribution in [2.24, 2.45) is 0 Å². The second-order valence-electron chi connectivity index (χ2n) is 7.87. The SMILES string of the molecule is C=C(C)C(=O)OCCOCCOCCOCCOCCOCCOCCOCCOCCOCCOCC(=O)O. The van der Waals surface area contributed by atoms with Crippen LogP contribution in [0.4, 0.5) is 0 Å². The van der Waals surface area contributed by atoms with Crippen molar-refractivity contribution in [3.63, 3.8) is 0 Å². The molecule has 14 heteroatoms. The third-order valence-electron chi connectivity index (χ3n) is 4.38. The van der Waals surface area contributed by atoms with Gasteiger partial charge in [0.2, 0.25) is 0 Å². The number of aliphatic carboxylic acids is 1. The molecule has 0 amide bonds. The Bertz CT molecular complexity index is 590. The van der Waals surface area contributed by atoms with Gasteiger partial charge in [-0.25, -0.2) is 9.59 Å². The molecule has 0 rings (SSSR count). The number of carbonyl (C=O) groups excluding carboxylic acids is 1. The minimum Gasteiger partial charge on any atom is -0.480 e. The van der Waals surface area contributed by atoms with E-state index in [1.54, 1.807) is 6.92 Å². The Labute approximate surface area is 237 Å². The topological polar surface area (TPSA) is 156 Å². The molecule has 0 heterocycles. The lowest BCUT2D eigenvalue weighted by atomic mass is 10.4. The van der Waals surface area contributed by atoms with Crippen molar-refractivity contribution >= 4 is 11.9 Å². The lowest BCUT2D eigenvalue weighted by Gasteiger charge is -2.09. The van der Waals surface area contributed by atoms with E-state index in [1.165, 1.54) is 0 Å². The molecule has 14 nitrogen and oxygen atoms in total. The Morgan fingerprint density at radius 2 is 0.675 bits per heavy atom. The molecule has 0 saturated heterocycles. The van der Waals surface area contributed by atoms with Gasteiger partial charge in [0, 0.05) is 5.57 Å². The fraction of sp³-hybridized carbons (Fsp3) is 0.846. The summed E-state index contributed by atoms with van der Waals surface area (Å²) in [6.07, 6.45) is 0. The number of carboxylic acid groups (broad SMARTS) is 1. The van der Waals surface area contributed by atoms with Crippen LogP contribution in [0.2, 0.25) is 0 Å². The maximum Gasteiger partial charge on any atom is 0.333 e. The van der Waals surface area contributed by atoms with Crippen LogP contribution in [0.15, 0.2) is 12.2 Å². The van der Waals surface area contributed by atoms with Gasteiger partial charge in [0.15, 0.2) is 0 Å². The number of ether oxygens (including phenoxy) is 11. The van der Waals surface area contributed by atoms with Gasteiger partial charge in [-0.2, -0.15) is 0 Å². The number of hydrogen-bond acceptors (Lipinski definition) is 13. The van der Waals surface area contributed by atoms with Crippen LogP contribution < -0.4 is 0 Å². The van der Waals surface area contributed by atoms with Crippen molar-refractivity contribution in [2.45, 2.75) is 6.92 Å². The molecule has 0 bridgehead atoms. The van der Waals surface area contributed by atoms with Crippen molar-refractivity contribution in [1.82, 2.24) is 0 Å². The molecule has 0 aromatic carbocycles. The van der Waals surface area contributed by atoms with Gasteiger partial charge in [-0.05, 0) is 6.92 Å². The zero-order valence-electron chi connectivity index (χ0n) is 23.8. The standard InChI is InChI=1S/C26H48O14/c1-24(2)26(29)40-22-21-38-18-17-36-14-13-34-10-9-32-6-5-30-3-4-31-7-8-33-11-12-35-15-16-37-19-20-39-23-25(27)28/h1,3-23H2,2H3,(H,27,28). The Morgan fingerprint density at radius 1 is 0.450 bits per heavy atom. The Morgan fingerprint density at radius 3 is 0.900 bits per heavy atom. The number of carboxylic acids is 1. The summed E-state index contributed by atoms with van der Waals surface area (Å²) in [7, 11) is 0. The highest BCUT2D eigenvalue weighted by molar-refractivity contribution is 5.86. The first-order valence-electron chi connectivity index (χ1n) is 13.4. The van der Waals surface area contributed by atoms with Crippen LogP contribution in [-0.2, 0) is 61.7 Å². The van der Waals surface area contributed by atoms with Gasteiger partial charge < -0.3 is 57.2 Å². The van der Waals surface area contributed by atoms with Crippen LogP contribution in [0.5, 0.6) is 0 Å². The van der Waals surface area contributed by atoms with Gasteiger partial charge in [-0.15, -0.1) is 0 Å². The smallest absolute Gasteiger partial charge is 0.333 e. The third kappa shape index (κ3) is 32.5. The lowest BCUT2D eigenvalue weighted by molar-refractivity contribution is -0.143. The van der Waals surface area contributed by atoms with E-state index >= 15 is 0 Å². The first-order valence-corrected chi connectivity index (χ1v) is 13.4. The largest absolute Gasteiger partial charge is 0.480 e. The zero-order chi connectivity index (χ0) is 29.4. The van der Waals surface area contributed by atoms with Crippen LogP contribution in [0.3, 0.4) is 0 Å². The van der Waals surface area contributed by atoms with Crippen molar-refractivity contribution in [2.75, 3.05) is 139 Å². The molecule has 0 aromatic rings. The molecule has 0 spiro atoms. The molecule has 0 atom stereocenters. The minimum atomic E-state index is -0.999. The van der Waals surface area contributed by atoms with Gasteiger partial charge in [0.05, 0.1) is 126 Å². The Kier molecular flexibility index (Phi) is 30.4. The summed E-state index contributed by atoms with van der Waals surface area (Å²) in [5.74, 6) is -1.42. The second-order valence-corrected chi connectivity index (χ2v) is 7.87. The van der Waals surface area contributed by atoms with Crippen LogP contribution in [-0.4, -0.2) is 156 Å². The summed E-state index contributed by atoms with van der Waals surface area (Å²) in [6.45, 7) is 13.2. The molecule has 40 heavy (non-hydrogen) atoms. The van der Waals surface area contributed by atoms with Crippen LogP contribution >= 0.6 is 0 Å². The molecule has 0 aliphatic carbocycles. The molecule has 0 aliphatic rings. The molecular formula is C26H48O14. The van der Waals surface area contributed by atoms with Crippen molar-refractivity contribution in [3.05, 3.63) is 12.2 Å². The van der Waals surface area contributed by atoms with E-state index in [9.17, 15) is 9.59 Å². The van der Waals surface area contributed by atoms with E-state index < -0.39 is 11.9 Å². The monoisotopic (exact) mass is 584 g/mol. The highest BCUT2D eigenvalue weighted by Gasteiger charge is 2.02. The van der Waals surface area contributed by atoms with Gasteiger partial charge in [0.25, 0.3) is 0 Å². The maximum atomic E-state index is 11.2. The Hall–Kier alpha value is -1.72. The van der Waals surface area contributed by atoms with Crippen LogP contribution in [0, 0.1) is 0 Å². The average molecular weight is 585 g/mol. The summed E-state index contributed by atoms with van der Waals surface area (Å²) < 4.78 is 58.1. The van der Waals surface area contributed by atoms with Crippen LogP contribution in [0.1, 0.15) is 6.92 Å². The minimum absolute atomic E-state index is 0.194. The predicted molar refractivity (Wildman–Crippen MR) is 142 cm³/mol. The van der Waals surface area contributed by atoms with Gasteiger partial charge in [-0.3, -0.25) is 0 Å². The van der Waals surface area contributed by atoms with E-state index in [0.29, 0.717) is 124 Å². The fourth-order valence-corrected chi connectivity index (χ4v) is 2.46. The van der Waals surface area contributed by atoms with Gasteiger partial charge >= 0.3 is 11.9 Å². The van der Waals surface area contributed by atoms with Crippen molar-refractivity contribution < 1.29 is 66.8 Å². The fourth-order valence-electron chi connectivity index (χ4n) is 2.46. The Balaban J connectivity index is 3.07. The highest BCUT2D eigenvalue weighted by Crippen LogP contribution is 1.92. The number of esters is 1. The van der Waals surface area contributed by atoms with E-state index in [2.05, 4.69) is 6.58 Å². The molecule has 0 saturated carbocycles. The van der Waals surface area contributed by atoms with Gasteiger partial charge in [0.1, 0.15) is 13.2 Å². The van der Waals surface area contributed by atoms with Crippen LogP contribution in [0.25, 0.3) is 0 Å². The molecular weight excluding hydrogens is 536 g/mol. The number of hydrogen-bond donors (Lipinski definition) is 1. The van der Waals surface area contributed by atoms with Crippen molar-refractivity contribution in [3.8, 4) is 0 Å². The summed E-state index contributed by atoms with van der Waals surface area (Å²) in [5, 5.41) is 8.41. The first kappa shape index (κ1) is 38.3. The summed E-state index contributed by atoms with van der Waals surface area (Å²) in [4.78, 5) is 21.4. The summed E-state index contributed by atoms with van der Waals surface area (Å²) in [6, 6.07) is 0. The van der Waals surface area contributed by atoms with Crippen molar-refractivity contribution in [1.29, 1.82) is 0 Å². The molecule has 0 aromatic heterocycles. The van der Waals surface area contributed by atoms with Gasteiger partial charge in [-0.1, -0.05) is 6.58 Å². The summed E-state index contributed by atoms with van der Waals surface area (Å²) >= 11 is 0. The molecule has 0 radical (unpaired) electrons. The molecule has 1 N–H and O–H groups in total. The van der Waals surface area contributed by atoms with E-state index in [1.807, 2.05) is 0 Å². The van der Waals surface area contributed by atoms with E-state index in [-0.39, 0.29) is 19.8 Å². The molecule has 0 fully saturated rings.